The van der Waals surface area contributed by atoms with Crippen LogP contribution in [0.4, 0.5) is 0 Å². The van der Waals surface area contributed by atoms with Crippen LogP contribution in [0.15, 0.2) is 48.5 Å². The van der Waals surface area contributed by atoms with Gasteiger partial charge in [0.2, 0.25) is 0 Å². The van der Waals surface area contributed by atoms with E-state index in [9.17, 15) is 9.90 Å². The molecule has 0 atom stereocenters. The maximum absolute atomic E-state index is 12.0. The third kappa shape index (κ3) is 3.63. The van der Waals surface area contributed by atoms with E-state index in [2.05, 4.69) is 0 Å². The molecule has 0 aliphatic rings. The summed E-state index contributed by atoms with van der Waals surface area (Å²) in [5.74, 6) is 1.18. The fourth-order valence-electron chi connectivity index (χ4n) is 1.81. The molecule has 2 rings (SSSR count). The second-order valence-corrected chi connectivity index (χ2v) is 4.35. The largest absolute Gasteiger partial charge is 0.507 e. The summed E-state index contributed by atoms with van der Waals surface area (Å²) in [5, 5.41) is 9.82. The van der Waals surface area contributed by atoms with Crippen LogP contribution in [0, 0.1) is 0 Å². The lowest BCUT2D eigenvalue weighted by molar-refractivity contribution is 0.104. The first-order chi connectivity index (χ1) is 10.1. The van der Waals surface area contributed by atoms with Crippen molar-refractivity contribution >= 4 is 11.9 Å². The summed E-state index contributed by atoms with van der Waals surface area (Å²) in [6.45, 7) is 0. The Balaban J connectivity index is 2.14. The zero-order valence-electron chi connectivity index (χ0n) is 11.9. The molecule has 2 aromatic rings. The molecule has 4 heteroatoms. The molecular formula is C17H16O4. The standard InChI is InChI=1S/C17H16O4/c1-20-14-7-3-12(4-8-14)16(18)10-6-13-5-9-15(21-2)11-17(13)19/h3-11,19H,1-2H3. The van der Waals surface area contributed by atoms with Gasteiger partial charge in [-0.1, -0.05) is 0 Å². The van der Waals surface area contributed by atoms with Crippen molar-refractivity contribution in [3.8, 4) is 17.2 Å². The molecule has 0 fully saturated rings. The Morgan fingerprint density at radius 1 is 1.00 bits per heavy atom. The first kappa shape index (κ1) is 14.7. The quantitative estimate of drug-likeness (QED) is 0.676. The third-order valence-corrected chi connectivity index (χ3v) is 3.03. The number of aromatic hydroxyl groups is 1. The van der Waals surface area contributed by atoms with Crippen LogP contribution >= 0.6 is 0 Å². The maximum Gasteiger partial charge on any atom is 0.185 e. The topological polar surface area (TPSA) is 55.8 Å². The minimum Gasteiger partial charge on any atom is -0.507 e. The van der Waals surface area contributed by atoms with Crippen molar-refractivity contribution in [2.75, 3.05) is 14.2 Å². The predicted molar refractivity (Wildman–Crippen MR) is 81.0 cm³/mol. The van der Waals surface area contributed by atoms with Crippen LogP contribution in [-0.4, -0.2) is 25.1 Å². The van der Waals surface area contributed by atoms with Crippen LogP contribution in [0.5, 0.6) is 17.2 Å². The summed E-state index contributed by atoms with van der Waals surface area (Å²) in [6.07, 6.45) is 2.99. The zero-order valence-corrected chi connectivity index (χ0v) is 11.9. The molecule has 0 saturated heterocycles. The number of phenols is 1. The third-order valence-electron chi connectivity index (χ3n) is 3.03. The fraction of sp³-hybridized carbons (Fsp3) is 0.118. The van der Waals surface area contributed by atoms with E-state index in [1.807, 2.05) is 0 Å². The van der Waals surface area contributed by atoms with Crippen LogP contribution < -0.4 is 9.47 Å². The Labute approximate surface area is 123 Å². The molecule has 0 spiro atoms. The van der Waals surface area contributed by atoms with Crippen molar-refractivity contribution in [3.05, 3.63) is 59.7 Å². The lowest BCUT2D eigenvalue weighted by Crippen LogP contribution is -1.94. The first-order valence-corrected chi connectivity index (χ1v) is 6.37. The molecule has 21 heavy (non-hydrogen) atoms. The smallest absolute Gasteiger partial charge is 0.185 e. The van der Waals surface area contributed by atoms with Gasteiger partial charge in [-0.3, -0.25) is 4.79 Å². The molecule has 0 heterocycles. The molecule has 0 aliphatic carbocycles. The molecule has 0 radical (unpaired) electrons. The predicted octanol–water partition coefficient (Wildman–Crippen LogP) is 3.31. The highest BCUT2D eigenvalue weighted by Crippen LogP contribution is 2.24. The molecule has 1 N–H and O–H groups in total. The molecule has 0 saturated carbocycles. The number of phenolic OH excluding ortho intramolecular Hbond substituents is 1. The Morgan fingerprint density at radius 2 is 1.62 bits per heavy atom. The normalized spacial score (nSPS) is 10.6. The van der Waals surface area contributed by atoms with Gasteiger partial charge in [-0.05, 0) is 48.6 Å². The Morgan fingerprint density at radius 3 is 2.19 bits per heavy atom. The average molecular weight is 284 g/mol. The van der Waals surface area contributed by atoms with Gasteiger partial charge < -0.3 is 14.6 Å². The minimum atomic E-state index is -0.145. The molecular weight excluding hydrogens is 268 g/mol. The molecule has 2 aromatic carbocycles. The van der Waals surface area contributed by atoms with Crippen LogP contribution in [0.3, 0.4) is 0 Å². The number of methoxy groups -OCH3 is 2. The van der Waals surface area contributed by atoms with Gasteiger partial charge in [-0.15, -0.1) is 0 Å². The Hall–Kier alpha value is -2.75. The van der Waals surface area contributed by atoms with Gasteiger partial charge in [0, 0.05) is 17.2 Å². The van der Waals surface area contributed by atoms with Crippen molar-refractivity contribution in [2.24, 2.45) is 0 Å². The SMILES string of the molecule is COc1ccc(C(=O)C=Cc2ccc(OC)cc2O)cc1. The number of ketones is 1. The van der Waals surface area contributed by atoms with Crippen molar-refractivity contribution in [1.82, 2.24) is 0 Å². The number of benzene rings is 2. The molecule has 0 bridgehead atoms. The van der Waals surface area contributed by atoms with Gasteiger partial charge >= 0.3 is 0 Å². The van der Waals surface area contributed by atoms with Gasteiger partial charge in [-0.2, -0.15) is 0 Å². The van der Waals surface area contributed by atoms with E-state index in [1.165, 1.54) is 19.3 Å². The van der Waals surface area contributed by atoms with Crippen molar-refractivity contribution in [2.45, 2.75) is 0 Å². The summed E-state index contributed by atoms with van der Waals surface area (Å²) < 4.78 is 10.0. The van der Waals surface area contributed by atoms with E-state index in [1.54, 1.807) is 49.6 Å². The van der Waals surface area contributed by atoms with E-state index in [4.69, 9.17) is 9.47 Å². The van der Waals surface area contributed by atoms with Gasteiger partial charge in [-0.25, -0.2) is 0 Å². The lowest BCUT2D eigenvalue weighted by Gasteiger charge is -2.03. The first-order valence-electron chi connectivity index (χ1n) is 6.37. The highest BCUT2D eigenvalue weighted by Gasteiger charge is 2.04. The van der Waals surface area contributed by atoms with Gasteiger partial charge in [0.15, 0.2) is 5.78 Å². The fourth-order valence-corrected chi connectivity index (χ4v) is 1.81. The van der Waals surface area contributed by atoms with Crippen LogP contribution in [0.25, 0.3) is 6.08 Å². The van der Waals surface area contributed by atoms with Gasteiger partial charge in [0.25, 0.3) is 0 Å². The summed E-state index contributed by atoms with van der Waals surface area (Å²) in [5.41, 5.74) is 1.11. The monoisotopic (exact) mass is 284 g/mol. The van der Waals surface area contributed by atoms with Crippen molar-refractivity contribution in [3.63, 3.8) is 0 Å². The molecule has 0 aliphatic heterocycles. The summed E-state index contributed by atoms with van der Waals surface area (Å²) in [7, 11) is 3.10. The van der Waals surface area contributed by atoms with Crippen LogP contribution in [0.1, 0.15) is 15.9 Å². The van der Waals surface area contributed by atoms with E-state index in [-0.39, 0.29) is 11.5 Å². The maximum atomic E-state index is 12.0. The lowest BCUT2D eigenvalue weighted by atomic mass is 10.1. The molecule has 0 aromatic heterocycles. The van der Waals surface area contributed by atoms with Crippen LogP contribution in [-0.2, 0) is 0 Å². The van der Waals surface area contributed by atoms with Gasteiger partial charge in [0.05, 0.1) is 14.2 Å². The summed E-state index contributed by atoms with van der Waals surface area (Å²) >= 11 is 0. The number of hydrogen-bond acceptors (Lipinski definition) is 4. The summed E-state index contributed by atoms with van der Waals surface area (Å²) in [4.78, 5) is 12.0. The second-order valence-electron chi connectivity index (χ2n) is 4.35. The molecule has 0 unspecified atom stereocenters. The summed E-state index contributed by atoms with van der Waals surface area (Å²) in [6, 6.07) is 11.7. The van der Waals surface area contributed by atoms with E-state index < -0.39 is 0 Å². The number of allylic oxidation sites excluding steroid dienone is 1. The highest BCUT2D eigenvalue weighted by molar-refractivity contribution is 6.07. The number of carbonyl (C=O) groups excluding carboxylic acids is 1. The average Bonchev–Trinajstić information content (AvgIpc) is 2.53. The second kappa shape index (κ2) is 6.61. The molecule has 108 valence electrons. The van der Waals surface area contributed by atoms with E-state index in [0.29, 0.717) is 22.6 Å². The number of rotatable bonds is 5. The Kier molecular flexibility index (Phi) is 4.61. The Bertz CT molecular complexity index is 657. The van der Waals surface area contributed by atoms with E-state index >= 15 is 0 Å². The number of hydrogen-bond donors (Lipinski definition) is 1. The van der Waals surface area contributed by atoms with E-state index in [0.717, 1.165) is 0 Å². The number of ether oxygens (including phenoxy) is 2. The molecule has 0 amide bonds. The molecule has 4 nitrogen and oxygen atoms in total. The van der Waals surface area contributed by atoms with Crippen molar-refractivity contribution in [1.29, 1.82) is 0 Å². The van der Waals surface area contributed by atoms with Gasteiger partial charge in [0.1, 0.15) is 17.2 Å². The highest BCUT2D eigenvalue weighted by atomic mass is 16.5. The zero-order chi connectivity index (χ0) is 15.2. The van der Waals surface area contributed by atoms with Crippen LogP contribution in [0.2, 0.25) is 0 Å². The van der Waals surface area contributed by atoms with Crippen molar-refractivity contribution < 1.29 is 19.4 Å². The minimum absolute atomic E-state index is 0.0631. The number of carbonyl (C=O) groups is 1.